The second kappa shape index (κ2) is 6.52. The van der Waals surface area contributed by atoms with Crippen LogP contribution in [0.5, 0.6) is 0 Å². The van der Waals surface area contributed by atoms with Crippen LogP contribution >= 0.6 is 20.5 Å². The van der Waals surface area contributed by atoms with E-state index in [1.165, 1.54) is 19.1 Å². The Hall–Kier alpha value is -1.94. The van der Waals surface area contributed by atoms with E-state index in [1.54, 1.807) is 24.3 Å². The molecule has 6 nitrogen and oxygen atoms in total. The van der Waals surface area contributed by atoms with Crippen LogP contribution in [0.1, 0.15) is 18.1 Å². The summed E-state index contributed by atoms with van der Waals surface area (Å²) in [4.78, 5) is 11.4. The van der Waals surface area contributed by atoms with Crippen molar-refractivity contribution < 1.29 is 16.3 Å². The van der Waals surface area contributed by atoms with E-state index in [1.807, 2.05) is 19.1 Å². The van der Waals surface area contributed by atoms with Crippen molar-refractivity contribution in [2.75, 3.05) is 0 Å². The van der Waals surface area contributed by atoms with Gasteiger partial charge in [-0.15, -0.1) is 0 Å². The molecule has 1 heterocycles. The Labute approximate surface area is 148 Å². The van der Waals surface area contributed by atoms with E-state index in [-0.39, 0.29) is 10.7 Å². The van der Waals surface area contributed by atoms with Gasteiger partial charge in [-0.05, 0) is 0 Å². The van der Waals surface area contributed by atoms with Crippen LogP contribution in [0.2, 0.25) is 0 Å². The van der Waals surface area contributed by atoms with Gasteiger partial charge in [0.1, 0.15) is 0 Å². The van der Waals surface area contributed by atoms with Crippen LogP contribution in [0.4, 0.5) is 0 Å². The second-order valence-corrected chi connectivity index (χ2v) is 10.3. The van der Waals surface area contributed by atoms with Gasteiger partial charge < -0.3 is 0 Å². The number of carbonyl (C=O) groups is 1. The maximum absolute atomic E-state index is 12.5. The van der Waals surface area contributed by atoms with Crippen LogP contribution in [0, 0.1) is 10.5 Å². The molecule has 3 rings (SSSR count). The number of aryl methyl sites for hydroxylation is 1. The number of hydrogen-bond acceptors (Lipinski definition) is 4. The molecule has 0 bridgehead atoms. The number of nitrogens with one attached hydrogen (secondary N) is 1. The maximum atomic E-state index is 12.5. The SMILES string of the molecule is CC(=O)OI1N/C(=N\S(=O)(=O)c2ccc(C)cc2)c2ccccc21. The summed E-state index contributed by atoms with van der Waals surface area (Å²) in [6, 6.07) is 13.7. The van der Waals surface area contributed by atoms with Gasteiger partial charge in [0.2, 0.25) is 0 Å². The molecule has 0 radical (unpaired) electrons. The molecule has 0 aliphatic carbocycles. The molecule has 0 atom stereocenters. The molecule has 2 aromatic carbocycles. The zero-order valence-corrected chi connectivity index (χ0v) is 16.0. The molecule has 0 unspecified atom stereocenters. The molecule has 0 aromatic heterocycles. The van der Waals surface area contributed by atoms with Crippen molar-refractivity contribution in [1.29, 1.82) is 0 Å². The number of halogens is 1. The molecule has 0 spiro atoms. The minimum atomic E-state index is -3.85. The van der Waals surface area contributed by atoms with Crippen LogP contribution in [-0.4, -0.2) is 20.2 Å². The van der Waals surface area contributed by atoms with Crippen molar-refractivity contribution in [3.63, 3.8) is 0 Å². The van der Waals surface area contributed by atoms with Crippen LogP contribution in [0.15, 0.2) is 57.8 Å². The van der Waals surface area contributed by atoms with Crippen LogP contribution in [0.25, 0.3) is 0 Å². The van der Waals surface area contributed by atoms with Crippen molar-refractivity contribution in [3.8, 4) is 0 Å². The van der Waals surface area contributed by atoms with Crippen LogP contribution < -0.4 is 3.53 Å². The Morgan fingerprint density at radius 2 is 1.79 bits per heavy atom. The third kappa shape index (κ3) is 3.44. The Morgan fingerprint density at radius 3 is 2.46 bits per heavy atom. The molecule has 0 amide bonds. The molecule has 8 heteroatoms. The Bertz CT molecular complexity index is 923. The number of benzene rings is 2. The first-order valence-corrected chi connectivity index (χ1v) is 11.5. The van der Waals surface area contributed by atoms with Gasteiger partial charge in [-0.25, -0.2) is 0 Å². The molecule has 24 heavy (non-hydrogen) atoms. The van der Waals surface area contributed by atoms with E-state index < -0.39 is 36.5 Å². The normalized spacial score (nSPS) is 16.6. The Kier molecular flexibility index (Phi) is 4.59. The average molecular weight is 458 g/mol. The Balaban J connectivity index is 2.01. The molecule has 1 aliphatic heterocycles. The van der Waals surface area contributed by atoms with Gasteiger partial charge in [0, 0.05) is 0 Å². The molecule has 2 aromatic rings. The topological polar surface area (TPSA) is 84.8 Å². The molecule has 0 saturated heterocycles. The van der Waals surface area contributed by atoms with Gasteiger partial charge in [-0.1, -0.05) is 0 Å². The number of rotatable bonds is 3. The number of amidine groups is 1. The number of fused-ring (bicyclic) bond motifs is 1. The fourth-order valence-corrected chi connectivity index (χ4v) is 6.87. The standard InChI is InChI=1S/C16H15IN2O4S/c1-11-7-9-13(10-8-11)24(21,22)19-16-14-5-3-4-6-15(14)17(18-16)23-12(2)20/h3-10H,1-2H3,(H,18,19). The fraction of sp³-hybridized carbons (Fsp3) is 0.125. The number of nitrogens with zero attached hydrogens (tertiary/aromatic N) is 1. The van der Waals surface area contributed by atoms with E-state index in [9.17, 15) is 13.2 Å². The van der Waals surface area contributed by atoms with E-state index in [2.05, 4.69) is 7.93 Å². The van der Waals surface area contributed by atoms with Gasteiger partial charge in [0.25, 0.3) is 0 Å². The van der Waals surface area contributed by atoms with Crippen molar-refractivity contribution in [3.05, 3.63) is 63.2 Å². The average Bonchev–Trinajstić information content (AvgIpc) is 2.85. The van der Waals surface area contributed by atoms with Crippen LogP contribution in [0.3, 0.4) is 0 Å². The molecule has 0 saturated carbocycles. The molecular weight excluding hydrogens is 443 g/mol. The molecular formula is C16H15IN2O4S. The summed E-state index contributed by atoms with van der Waals surface area (Å²) in [6.07, 6.45) is 0. The molecule has 1 aliphatic rings. The summed E-state index contributed by atoms with van der Waals surface area (Å²) < 4.78 is 38.1. The molecule has 1 N–H and O–H groups in total. The van der Waals surface area contributed by atoms with Gasteiger partial charge in [-0.3, -0.25) is 0 Å². The van der Waals surface area contributed by atoms with E-state index in [0.717, 1.165) is 9.13 Å². The van der Waals surface area contributed by atoms with Gasteiger partial charge in [0.05, 0.1) is 0 Å². The van der Waals surface area contributed by atoms with Crippen molar-refractivity contribution >= 4 is 42.3 Å². The molecule has 126 valence electrons. The third-order valence-electron chi connectivity index (χ3n) is 3.21. The number of carbonyl (C=O) groups excluding carboxylic acids is 1. The summed E-state index contributed by atoms with van der Waals surface area (Å²) in [5.74, 6) is -0.164. The monoisotopic (exact) mass is 458 g/mol. The zero-order valence-electron chi connectivity index (χ0n) is 13.0. The summed E-state index contributed by atoms with van der Waals surface area (Å²) >= 11 is -2.48. The summed E-state index contributed by atoms with van der Waals surface area (Å²) in [6.45, 7) is 3.22. The minimum absolute atomic E-state index is 0.125. The van der Waals surface area contributed by atoms with Crippen molar-refractivity contribution in [1.82, 2.24) is 3.53 Å². The zero-order chi connectivity index (χ0) is 17.3. The summed E-state index contributed by atoms with van der Waals surface area (Å²) in [7, 11) is -3.85. The quantitative estimate of drug-likeness (QED) is 0.565. The van der Waals surface area contributed by atoms with E-state index in [4.69, 9.17) is 3.07 Å². The van der Waals surface area contributed by atoms with Crippen LogP contribution in [-0.2, 0) is 17.9 Å². The van der Waals surface area contributed by atoms with Gasteiger partial charge >= 0.3 is 149 Å². The summed E-state index contributed by atoms with van der Waals surface area (Å²) in [5, 5.41) is 0. The van der Waals surface area contributed by atoms with E-state index >= 15 is 0 Å². The first-order valence-electron chi connectivity index (χ1n) is 7.03. The van der Waals surface area contributed by atoms with Gasteiger partial charge in [0.15, 0.2) is 0 Å². The summed E-state index contributed by atoms with van der Waals surface area (Å²) in [5.41, 5.74) is 1.63. The van der Waals surface area contributed by atoms with Gasteiger partial charge in [-0.2, -0.15) is 0 Å². The van der Waals surface area contributed by atoms with E-state index in [0.29, 0.717) is 5.56 Å². The fourth-order valence-electron chi connectivity index (χ4n) is 2.11. The first-order chi connectivity index (χ1) is 11.4. The number of hydrogen-bond donors (Lipinski definition) is 1. The second-order valence-electron chi connectivity index (χ2n) is 5.12. The predicted molar refractivity (Wildman–Crippen MR) is 99.0 cm³/mol. The number of sulfonamides is 1. The first kappa shape index (κ1) is 16.9. The predicted octanol–water partition coefficient (Wildman–Crippen LogP) is 2.80. The Morgan fingerprint density at radius 1 is 1.12 bits per heavy atom. The molecule has 0 fully saturated rings. The van der Waals surface area contributed by atoms with Crippen molar-refractivity contribution in [2.24, 2.45) is 4.40 Å². The van der Waals surface area contributed by atoms with Crippen molar-refractivity contribution in [2.45, 2.75) is 18.7 Å². The third-order valence-corrected chi connectivity index (χ3v) is 8.55.